The summed E-state index contributed by atoms with van der Waals surface area (Å²) in [5.74, 6) is 12.2. The first-order valence-electron chi connectivity index (χ1n) is 6.71. The third kappa shape index (κ3) is 3.79. The average Bonchev–Trinajstić information content (AvgIpc) is 2.60. The van der Waals surface area contributed by atoms with E-state index in [1.165, 1.54) is 0 Å². The quantitative estimate of drug-likeness (QED) is 0.595. The topological polar surface area (TPSA) is 38.7 Å². The molecule has 3 aromatic rings. The van der Waals surface area contributed by atoms with E-state index in [1.807, 2.05) is 42.5 Å². The van der Waals surface area contributed by atoms with E-state index in [2.05, 4.69) is 38.6 Å². The maximum atomic E-state index is 4.42. The lowest BCUT2D eigenvalue weighted by Crippen LogP contribution is -1.87. The third-order valence-electron chi connectivity index (χ3n) is 2.78. The highest BCUT2D eigenvalue weighted by Gasteiger charge is 1.92. The summed E-state index contributed by atoms with van der Waals surface area (Å²) in [5.41, 5.74) is 3.20. The minimum Gasteiger partial charge on any atom is -0.265 e. The van der Waals surface area contributed by atoms with Gasteiger partial charge in [-0.3, -0.25) is 9.97 Å². The Bertz CT molecular complexity index is 807. The van der Waals surface area contributed by atoms with Crippen molar-refractivity contribution < 1.29 is 0 Å². The number of hydrogen-bond acceptors (Lipinski definition) is 3. The van der Waals surface area contributed by atoms with Gasteiger partial charge >= 0.3 is 0 Å². The van der Waals surface area contributed by atoms with Gasteiger partial charge in [-0.05, 0) is 48.2 Å². The van der Waals surface area contributed by atoms with Gasteiger partial charge in [0.25, 0.3) is 0 Å². The lowest BCUT2D eigenvalue weighted by Gasteiger charge is -1.92. The summed E-state index contributed by atoms with van der Waals surface area (Å²) in [6.45, 7) is 0. The molecular weight excluding hydrogens is 270 g/mol. The molecule has 0 aliphatic heterocycles. The van der Waals surface area contributed by atoms with Gasteiger partial charge in [-0.1, -0.05) is 17.9 Å². The van der Waals surface area contributed by atoms with E-state index < -0.39 is 0 Å². The van der Waals surface area contributed by atoms with Crippen LogP contribution in [0.3, 0.4) is 0 Å². The minimum absolute atomic E-state index is 0.693. The van der Waals surface area contributed by atoms with Gasteiger partial charge in [0.1, 0.15) is 11.4 Å². The Morgan fingerprint density at radius 2 is 1.00 bits per heavy atom. The predicted molar refractivity (Wildman–Crippen MR) is 84.7 cm³/mol. The maximum Gasteiger partial charge on any atom is 0.115 e. The molecule has 3 aromatic heterocycles. The zero-order chi connectivity index (χ0) is 15.0. The molecule has 0 saturated carbocycles. The largest absolute Gasteiger partial charge is 0.265 e. The lowest BCUT2D eigenvalue weighted by molar-refractivity contribution is 1.25. The zero-order valence-corrected chi connectivity index (χ0v) is 11.7. The predicted octanol–water partition coefficient (Wildman–Crippen LogP) is 2.67. The summed E-state index contributed by atoms with van der Waals surface area (Å²) in [5, 5.41) is 0. The second-order valence-corrected chi connectivity index (χ2v) is 4.38. The summed E-state index contributed by atoms with van der Waals surface area (Å²) in [7, 11) is 0. The Labute approximate surface area is 129 Å². The Morgan fingerprint density at radius 1 is 0.545 bits per heavy atom. The average molecular weight is 281 g/mol. The molecule has 0 aliphatic carbocycles. The fourth-order valence-corrected chi connectivity index (χ4v) is 1.72. The van der Waals surface area contributed by atoms with Crippen LogP contribution in [0.5, 0.6) is 0 Å². The Kier molecular flexibility index (Phi) is 4.21. The van der Waals surface area contributed by atoms with Gasteiger partial charge in [0.05, 0.1) is 0 Å². The summed E-state index contributed by atoms with van der Waals surface area (Å²) in [6, 6.07) is 13.1. The number of nitrogens with zero attached hydrogens (tertiary/aromatic N) is 3. The van der Waals surface area contributed by atoms with Crippen molar-refractivity contribution in [3.05, 3.63) is 89.8 Å². The normalized spacial score (nSPS) is 9.09. The Balaban J connectivity index is 1.82. The second-order valence-electron chi connectivity index (χ2n) is 4.38. The smallest absolute Gasteiger partial charge is 0.115 e. The molecule has 3 heterocycles. The standard InChI is InChI=1S/C19H11N3/c1-2-18(6-4-16-8-12-20-13-9-16)22-19(3-1)7-5-17-10-14-21-15-11-17/h1-3,8-15H. The van der Waals surface area contributed by atoms with Gasteiger partial charge in [-0.2, -0.15) is 0 Å². The third-order valence-corrected chi connectivity index (χ3v) is 2.78. The second kappa shape index (κ2) is 6.83. The van der Waals surface area contributed by atoms with Gasteiger partial charge < -0.3 is 0 Å². The van der Waals surface area contributed by atoms with E-state index in [0.29, 0.717) is 11.4 Å². The first-order chi connectivity index (χ1) is 10.9. The van der Waals surface area contributed by atoms with E-state index >= 15 is 0 Å². The summed E-state index contributed by atoms with van der Waals surface area (Å²) < 4.78 is 0. The molecule has 0 saturated heterocycles. The number of rotatable bonds is 0. The van der Waals surface area contributed by atoms with Crippen molar-refractivity contribution in [1.82, 2.24) is 15.0 Å². The van der Waals surface area contributed by atoms with Crippen LogP contribution < -0.4 is 0 Å². The van der Waals surface area contributed by atoms with E-state index in [4.69, 9.17) is 0 Å². The van der Waals surface area contributed by atoms with Crippen LogP contribution in [-0.4, -0.2) is 15.0 Å². The summed E-state index contributed by atoms with van der Waals surface area (Å²) >= 11 is 0. The molecule has 102 valence electrons. The summed E-state index contributed by atoms with van der Waals surface area (Å²) in [6.07, 6.45) is 6.87. The molecule has 0 atom stereocenters. The SMILES string of the molecule is C(#Cc1cccc(C#Cc2ccncc2)n1)c1ccncc1. The lowest BCUT2D eigenvalue weighted by atomic mass is 10.2. The molecule has 0 unspecified atom stereocenters. The van der Waals surface area contributed by atoms with Gasteiger partial charge in [-0.25, -0.2) is 4.98 Å². The molecule has 0 radical (unpaired) electrons. The van der Waals surface area contributed by atoms with Crippen LogP contribution >= 0.6 is 0 Å². The van der Waals surface area contributed by atoms with Crippen molar-refractivity contribution in [2.75, 3.05) is 0 Å². The monoisotopic (exact) mass is 281 g/mol. The van der Waals surface area contributed by atoms with E-state index in [1.54, 1.807) is 24.8 Å². The molecule has 22 heavy (non-hydrogen) atoms. The highest BCUT2D eigenvalue weighted by molar-refractivity contribution is 5.43. The number of pyridine rings is 3. The van der Waals surface area contributed by atoms with Crippen LogP contribution in [0, 0.1) is 23.7 Å². The van der Waals surface area contributed by atoms with Crippen LogP contribution in [0.4, 0.5) is 0 Å². The van der Waals surface area contributed by atoms with Crippen LogP contribution in [-0.2, 0) is 0 Å². The molecule has 0 amide bonds. The van der Waals surface area contributed by atoms with E-state index in [-0.39, 0.29) is 0 Å². The fourth-order valence-electron chi connectivity index (χ4n) is 1.72. The molecule has 3 nitrogen and oxygen atoms in total. The van der Waals surface area contributed by atoms with Gasteiger partial charge in [0.2, 0.25) is 0 Å². The maximum absolute atomic E-state index is 4.42. The Hall–Kier alpha value is -3.43. The molecular formula is C19H11N3. The number of hydrogen-bond donors (Lipinski definition) is 0. The molecule has 0 fully saturated rings. The molecule has 0 bridgehead atoms. The summed E-state index contributed by atoms with van der Waals surface area (Å²) in [4.78, 5) is 12.3. The van der Waals surface area contributed by atoms with Crippen LogP contribution in [0.25, 0.3) is 0 Å². The van der Waals surface area contributed by atoms with Gasteiger partial charge in [0, 0.05) is 35.9 Å². The Morgan fingerprint density at radius 3 is 1.45 bits per heavy atom. The van der Waals surface area contributed by atoms with Crippen molar-refractivity contribution in [1.29, 1.82) is 0 Å². The minimum atomic E-state index is 0.693. The van der Waals surface area contributed by atoms with Crippen LogP contribution in [0.15, 0.2) is 67.3 Å². The highest BCUT2D eigenvalue weighted by atomic mass is 14.7. The first kappa shape index (κ1) is 13.5. The molecule has 3 heteroatoms. The van der Waals surface area contributed by atoms with Crippen LogP contribution in [0.2, 0.25) is 0 Å². The van der Waals surface area contributed by atoms with Crippen molar-refractivity contribution in [3.8, 4) is 23.7 Å². The fraction of sp³-hybridized carbons (Fsp3) is 0. The molecule has 3 rings (SSSR count). The zero-order valence-electron chi connectivity index (χ0n) is 11.7. The number of aromatic nitrogens is 3. The van der Waals surface area contributed by atoms with Crippen molar-refractivity contribution >= 4 is 0 Å². The van der Waals surface area contributed by atoms with Crippen molar-refractivity contribution in [2.45, 2.75) is 0 Å². The molecule has 0 aromatic carbocycles. The van der Waals surface area contributed by atoms with E-state index in [0.717, 1.165) is 11.1 Å². The first-order valence-corrected chi connectivity index (χ1v) is 6.71. The highest BCUT2D eigenvalue weighted by Crippen LogP contribution is 2.00. The molecule has 0 aliphatic rings. The molecule has 0 spiro atoms. The van der Waals surface area contributed by atoms with Crippen LogP contribution in [0.1, 0.15) is 22.5 Å². The van der Waals surface area contributed by atoms with Crippen molar-refractivity contribution in [3.63, 3.8) is 0 Å². The van der Waals surface area contributed by atoms with E-state index in [9.17, 15) is 0 Å². The van der Waals surface area contributed by atoms with Gasteiger partial charge in [-0.15, -0.1) is 0 Å². The molecule has 0 N–H and O–H groups in total. The van der Waals surface area contributed by atoms with Gasteiger partial charge in [0.15, 0.2) is 0 Å². The van der Waals surface area contributed by atoms with Crippen molar-refractivity contribution in [2.24, 2.45) is 0 Å².